The molecule has 0 saturated heterocycles. The van der Waals surface area contributed by atoms with Crippen molar-refractivity contribution in [3.05, 3.63) is 11.6 Å². The Morgan fingerprint density at radius 3 is 2.57 bits per heavy atom. The van der Waals surface area contributed by atoms with E-state index in [-0.39, 0.29) is 17.0 Å². The molecule has 0 unspecified atom stereocenters. The number of hydrogen-bond acceptors (Lipinski definition) is 5. The Morgan fingerprint density at radius 2 is 2.05 bits per heavy atom. The molecule has 2 aromatic heterocycles. The molecule has 0 aliphatic carbocycles. The van der Waals surface area contributed by atoms with E-state index in [1.807, 2.05) is 33.1 Å². The van der Waals surface area contributed by atoms with Crippen LogP contribution in [0.3, 0.4) is 0 Å². The van der Waals surface area contributed by atoms with Crippen LogP contribution in [0.25, 0.3) is 4.96 Å². The van der Waals surface area contributed by atoms with Crippen molar-refractivity contribution in [1.29, 1.82) is 0 Å². The van der Waals surface area contributed by atoms with E-state index in [4.69, 9.17) is 0 Å². The lowest BCUT2D eigenvalue weighted by Gasteiger charge is -2.27. The molecule has 6 nitrogen and oxygen atoms in total. The van der Waals surface area contributed by atoms with Gasteiger partial charge in [0.1, 0.15) is 0 Å². The lowest BCUT2D eigenvalue weighted by molar-refractivity contribution is 0.318. The first-order valence-electron chi connectivity index (χ1n) is 6.94. The average Bonchev–Trinajstić information content (AvgIpc) is 2.93. The van der Waals surface area contributed by atoms with E-state index in [0.717, 1.165) is 0 Å². The number of hydrogen-bond donors (Lipinski definition) is 1. The Hall–Kier alpha value is -1.12. The van der Waals surface area contributed by atoms with Gasteiger partial charge in [-0.3, -0.25) is 4.40 Å². The smallest absolute Gasteiger partial charge is 0.263 e. The SMILES string of the molecule is CNc1nc2sccn2c1S(=O)(=O)N(CC(C)C)C(C)C. The third kappa shape index (κ3) is 2.93. The van der Waals surface area contributed by atoms with E-state index in [1.165, 1.54) is 11.3 Å². The highest BCUT2D eigenvalue weighted by Gasteiger charge is 2.33. The number of imidazole rings is 1. The monoisotopic (exact) mass is 330 g/mol. The second-order valence-corrected chi connectivity index (χ2v) is 8.31. The first kappa shape index (κ1) is 16.3. The molecule has 0 aromatic carbocycles. The maximum atomic E-state index is 13.1. The third-order valence-electron chi connectivity index (χ3n) is 3.13. The summed E-state index contributed by atoms with van der Waals surface area (Å²) in [6, 6.07) is -0.105. The van der Waals surface area contributed by atoms with Crippen LogP contribution in [0.2, 0.25) is 0 Å². The van der Waals surface area contributed by atoms with Crippen LogP contribution in [0.1, 0.15) is 27.7 Å². The molecule has 0 saturated carbocycles. The number of rotatable bonds is 6. The van der Waals surface area contributed by atoms with Crippen LogP contribution >= 0.6 is 11.3 Å². The number of thiazole rings is 1. The molecule has 8 heteroatoms. The highest BCUT2D eigenvalue weighted by Crippen LogP contribution is 2.29. The molecule has 0 spiro atoms. The highest BCUT2D eigenvalue weighted by molar-refractivity contribution is 7.89. The van der Waals surface area contributed by atoms with Gasteiger partial charge >= 0.3 is 0 Å². The Kier molecular flexibility index (Phi) is 4.60. The fraction of sp³-hybridized carbons (Fsp3) is 0.615. The summed E-state index contributed by atoms with van der Waals surface area (Å²) in [5.41, 5.74) is 0. The molecule has 0 radical (unpaired) electrons. The number of fused-ring (bicyclic) bond motifs is 1. The highest BCUT2D eigenvalue weighted by atomic mass is 32.2. The molecular formula is C13H22N4O2S2. The number of aromatic nitrogens is 2. The predicted molar refractivity (Wildman–Crippen MR) is 86.5 cm³/mol. The fourth-order valence-corrected chi connectivity index (χ4v) is 5.06. The van der Waals surface area contributed by atoms with E-state index in [1.54, 1.807) is 22.0 Å². The van der Waals surface area contributed by atoms with Crippen molar-refractivity contribution in [3.8, 4) is 0 Å². The second-order valence-electron chi connectivity index (χ2n) is 5.63. The van der Waals surface area contributed by atoms with Gasteiger partial charge in [-0.2, -0.15) is 4.31 Å². The quantitative estimate of drug-likeness (QED) is 0.884. The zero-order valence-electron chi connectivity index (χ0n) is 13.0. The molecule has 118 valence electrons. The molecule has 1 N–H and O–H groups in total. The van der Waals surface area contributed by atoms with E-state index in [0.29, 0.717) is 17.3 Å². The molecule has 2 rings (SSSR count). The van der Waals surface area contributed by atoms with Crippen LogP contribution in [-0.2, 0) is 10.0 Å². The first-order valence-corrected chi connectivity index (χ1v) is 9.26. The average molecular weight is 330 g/mol. The second kappa shape index (κ2) is 5.94. The number of anilines is 1. The maximum absolute atomic E-state index is 13.1. The zero-order valence-corrected chi connectivity index (χ0v) is 14.6. The topological polar surface area (TPSA) is 66.7 Å². The van der Waals surface area contributed by atoms with Crippen LogP contribution in [0.4, 0.5) is 5.82 Å². The van der Waals surface area contributed by atoms with Gasteiger partial charge in [0.15, 0.2) is 15.8 Å². The van der Waals surface area contributed by atoms with Gasteiger partial charge in [-0.05, 0) is 19.8 Å². The Morgan fingerprint density at radius 1 is 1.38 bits per heavy atom. The van der Waals surface area contributed by atoms with Gasteiger partial charge in [-0.25, -0.2) is 13.4 Å². The van der Waals surface area contributed by atoms with Crippen molar-refractivity contribution in [2.45, 2.75) is 38.8 Å². The van der Waals surface area contributed by atoms with Crippen LogP contribution in [0.15, 0.2) is 16.6 Å². The summed E-state index contributed by atoms with van der Waals surface area (Å²) in [4.78, 5) is 5.02. The lowest BCUT2D eigenvalue weighted by atomic mass is 10.2. The van der Waals surface area contributed by atoms with Gasteiger partial charge in [0.2, 0.25) is 0 Å². The normalized spacial score (nSPS) is 13.0. The van der Waals surface area contributed by atoms with Crippen molar-refractivity contribution < 1.29 is 8.42 Å². The molecule has 2 heterocycles. The molecular weight excluding hydrogens is 308 g/mol. The maximum Gasteiger partial charge on any atom is 0.263 e. The van der Waals surface area contributed by atoms with Gasteiger partial charge in [-0.1, -0.05) is 13.8 Å². The summed E-state index contributed by atoms with van der Waals surface area (Å²) >= 11 is 1.42. The number of nitrogens with one attached hydrogen (secondary N) is 1. The Balaban J connectivity index is 2.61. The summed E-state index contributed by atoms with van der Waals surface area (Å²) in [6.07, 6.45) is 1.74. The van der Waals surface area contributed by atoms with Crippen molar-refractivity contribution >= 4 is 32.1 Å². The fourth-order valence-electron chi connectivity index (χ4n) is 2.23. The first-order chi connectivity index (χ1) is 9.78. The lowest BCUT2D eigenvalue weighted by Crippen LogP contribution is -2.40. The van der Waals surface area contributed by atoms with E-state index < -0.39 is 10.0 Å². The van der Waals surface area contributed by atoms with Gasteiger partial charge in [0.05, 0.1) is 0 Å². The molecule has 0 atom stereocenters. The number of sulfonamides is 1. The minimum Gasteiger partial charge on any atom is -0.371 e. The minimum atomic E-state index is -3.61. The minimum absolute atomic E-state index is 0.105. The van der Waals surface area contributed by atoms with Gasteiger partial charge in [0.25, 0.3) is 10.0 Å². The van der Waals surface area contributed by atoms with E-state index in [2.05, 4.69) is 10.3 Å². The summed E-state index contributed by atoms with van der Waals surface area (Å²) in [7, 11) is -1.93. The summed E-state index contributed by atoms with van der Waals surface area (Å²) in [6.45, 7) is 8.30. The van der Waals surface area contributed by atoms with E-state index >= 15 is 0 Å². The summed E-state index contributed by atoms with van der Waals surface area (Å²) < 4.78 is 29.4. The van der Waals surface area contributed by atoms with Gasteiger partial charge < -0.3 is 5.32 Å². The summed E-state index contributed by atoms with van der Waals surface area (Å²) in [5.74, 6) is 0.655. The Bertz CT molecular complexity index is 716. The van der Waals surface area contributed by atoms with Crippen molar-refractivity contribution in [2.75, 3.05) is 18.9 Å². The third-order valence-corrected chi connectivity index (χ3v) is 5.95. The predicted octanol–water partition coefficient (Wildman–Crippen LogP) is 2.49. The van der Waals surface area contributed by atoms with Crippen LogP contribution in [0, 0.1) is 5.92 Å². The standard InChI is InChI=1S/C13H22N4O2S2/c1-9(2)8-17(10(3)4)21(18,19)12-11(14-5)15-13-16(12)6-7-20-13/h6-7,9-10,14H,8H2,1-5H3. The van der Waals surface area contributed by atoms with Crippen molar-refractivity contribution in [3.63, 3.8) is 0 Å². The number of nitrogens with zero attached hydrogens (tertiary/aromatic N) is 3. The molecule has 0 fully saturated rings. The van der Waals surface area contributed by atoms with Crippen LogP contribution in [0.5, 0.6) is 0 Å². The van der Waals surface area contributed by atoms with Gasteiger partial charge in [0, 0.05) is 31.2 Å². The van der Waals surface area contributed by atoms with Gasteiger partial charge in [-0.15, -0.1) is 11.3 Å². The molecule has 2 aromatic rings. The van der Waals surface area contributed by atoms with Crippen molar-refractivity contribution in [2.24, 2.45) is 5.92 Å². The largest absolute Gasteiger partial charge is 0.371 e. The van der Waals surface area contributed by atoms with E-state index in [9.17, 15) is 8.42 Å². The molecule has 0 amide bonds. The zero-order chi connectivity index (χ0) is 15.8. The molecule has 0 aliphatic heterocycles. The van der Waals surface area contributed by atoms with Crippen LogP contribution < -0.4 is 5.32 Å². The van der Waals surface area contributed by atoms with Crippen molar-refractivity contribution in [1.82, 2.24) is 13.7 Å². The summed E-state index contributed by atoms with van der Waals surface area (Å²) in [5, 5.41) is 4.95. The molecule has 0 aliphatic rings. The molecule has 0 bridgehead atoms. The molecule has 21 heavy (non-hydrogen) atoms. The Labute approximate surface area is 129 Å². The van der Waals surface area contributed by atoms with Crippen LogP contribution in [-0.4, -0.2) is 41.7 Å².